The van der Waals surface area contributed by atoms with Gasteiger partial charge in [-0.05, 0) is 31.4 Å². The molecule has 3 amide bonds. The van der Waals surface area contributed by atoms with E-state index in [4.69, 9.17) is 17.2 Å². The zero-order valence-electron chi connectivity index (χ0n) is 22.4. The molecule has 0 aliphatic carbocycles. The fourth-order valence-electron chi connectivity index (χ4n) is 3.91. The Hall–Kier alpha value is -4.70. The lowest BCUT2D eigenvalue weighted by atomic mass is 10.0. The number of aliphatic hydroxyl groups excluding tert-OH is 1. The summed E-state index contributed by atoms with van der Waals surface area (Å²) in [5, 5.41) is 36.3. The molecule has 0 saturated carbocycles. The van der Waals surface area contributed by atoms with Crippen molar-refractivity contribution in [3.63, 3.8) is 0 Å². The van der Waals surface area contributed by atoms with Crippen LogP contribution in [0.25, 0.3) is 10.9 Å². The van der Waals surface area contributed by atoms with Crippen molar-refractivity contribution in [2.75, 3.05) is 6.54 Å². The van der Waals surface area contributed by atoms with E-state index in [1.807, 2.05) is 0 Å². The van der Waals surface area contributed by atoms with Crippen LogP contribution in [-0.2, 0) is 30.4 Å². The number of hydrogen-bond acceptors (Lipinski definition) is 8. The Kier molecular flexibility index (Phi) is 12.0. The molecule has 1 heterocycles. The molecule has 1 aromatic heterocycles. The molecule has 41 heavy (non-hydrogen) atoms. The van der Waals surface area contributed by atoms with Gasteiger partial charge in [-0.25, -0.2) is 4.79 Å². The van der Waals surface area contributed by atoms with E-state index in [1.54, 1.807) is 30.5 Å². The van der Waals surface area contributed by atoms with Gasteiger partial charge < -0.3 is 53.5 Å². The third-order valence-electron chi connectivity index (χ3n) is 6.13. The molecular formula is C25H36N8O8. The number of aliphatic imine (C=N–C) groups is 1. The molecule has 2 aromatic rings. The SMILES string of the molecule is CC(O)C(N)C(=O)NC(Cc1c[nH]c2ccccc12)C(=O)NC(CC(=O)O)C(=O)NC(CCCN=C(N)N)C(=O)O. The number of guanidine groups is 1. The van der Waals surface area contributed by atoms with E-state index in [2.05, 4.69) is 25.9 Å². The van der Waals surface area contributed by atoms with E-state index in [9.17, 15) is 39.3 Å². The third-order valence-corrected chi connectivity index (χ3v) is 6.13. The van der Waals surface area contributed by atoms with Crippen LogP contribution in [0.2, 0.25) is 0 Å². The molecule has 0 aliphatic heterocycles. The minimum absolute atomic E-state index is 0.0813. The summed E-state index contributed by atoms with van der Waals surface area (Å²) in [4.78, 5) is 68.9. The second kappa shape index (κ2) is 15.2. The van der Waals surface area contributed by atoms with Crippen molar-refractivity contribution in [3.8, 4) is 0 Å². The zero-order valence-corrected chi connectivity index (χ0v) is 22.4. The number of carbonyl (C=O) groups is 5. The first-order valence-electron chi connectivity index (χ1n) is 12.7. The number of carbonyl (C=O) groups excluding carboxylic acids is 3. The molecule has 13 N–H and O–H groups in total. The minimum Gasteiger partial charge on any atom is -0.481 e. The molecule has 16 heteroatoms. The third kappa shape index (κ3) is 10.1. The number of nitrogens with one attached hydrogen (secondary N) is 4. The molecule has 0 aliphatic rings. The van der Waals surface area contributed by atoms with Gasteiger partial charge in [0, 0.05) is 30.1 Å². The number of nitrogens with two attached hydrogens (primary N) is 3. The molecule has 16 nitrogen and oxygen atoms in total. The maximum atomic E-state index is 13.4. The van der Waals surface area contributed by atoms with Gasteiger partial charge in [-0.1, -0.05) is 18.2 Å². The van der Waals surface area contributed by atoms with Crippen molar-refractivity contribution >= 4 is 46.5 Å². The van der Waals surface area contributed by atoms with Crippen LogP contribution >= 0.6 is 0 Å². The number of nitrogens with zero attached hydrogens (tertiary/aromatic N) is 1. The number of aromatic amines is 1. The first kappa shape index (κ1) is 32.5. The van der Waals surface area contributed by atoms with Gasteiger partial charge in [-0.2, -0.15) is 0 Å². The second-order valence-corrected chi connectivity index (χ2v) is 9.40. The number of H-pyrrole nitrogens is 1. The summed E-state index contributed by atoms with van der Waals surface area (Å²) in [6.45, 7) is 1.39. The molecule has 5 atom stereocenters. The number of benzene rings is 1. The van der Waals surface area contributed by atoms with Gasteiger partial charge in [0.1, 0.15) is 24.2 Å². The largest absolute Gasteiger partial charge is 0.481 e. The fraction of sp³-hybridized carbons (Fsp3) is 0.440. The van der Waals surface area contributed by atoms with Gasteiger partial charge in [-0.15, -0.1) is 0 Å². The van der Waals surface area contributed by atoms with Crippen molar-refractivity contribution in [3.05, 3.63) is 36.0 Å². The van der Waals surface area contributed by atoms with Gasteiger partial charge in [0.05, 0.1) is 12.5 Å². The number of aliphatic carboxylic acids is 2. The number of hydrogen-bond donors (Lipinski definition) is 10. The van der Waals surface area contributed by atoms with E-state index in [0.29, 0.717) is 5.56 Å². The topological polar surface area (TPSA) is 288 Å². The number of rotatable bonds is 16. The zero-order chi connectivity index (χ0) is 30.7. The Labute approximate surface area is 234 Å². The monoisotopic (exact) mass is 576 g/mol. The highest BCUT2D eigenvalue weighted by atomic mass is 16.4. The lowest BCUT2D eigenvalue weighted by Crippen LogP contribution is -2.59. The fourth-order valence-corrected chi connectivity index (χ4v) is 3.91. The Balaban J connectivity index is 2.26. The summed E-state index contributed by atoms with van der Waals surface area (Å²) in [5.41, 5.74) is 17.6. The van der Waals surface area contributed by atoms with Crippen LogP contribution < -0.4 is 33.2 Å². The van der Waals surface area contributed by atoms with E-state index in [0.717, 1.165) is 10.9 Å². The molecule has 0 saturated heterocycles. The normalized spacial score (nSPS) is 14.6. The van der Waals surface area contributed by atoms with E-state index >= 15 is 0 Å². The minimum atomic E-state index is -1.69. The van der Waals surface area contributed by atoms with Gasteiger partial charge in [0.25, 0.3) is 0 Å². The van der Waals surface area contributed by atoms with E-state index < -0.39 is 66.4 Å². The van der Waals surface area contributed by atoms with Crippen LogP contribution in [0, 0.1) is 0 Å². The second-order valence-electron chi connectivity index (χ2n) is 9.40. The average molecular weight is 577 g/mol. The quantitative estimate of drug-likeness (QED) is 0.0565. The highest BCUT2D eigenvalue weighted by Crippen LogP contribution is 2.19. The summed E-state index contributed by atoms with van der Waals surface area (Å²) in [6, 6.07) is 1.35. The van der Waals surface area contributed by atoms with Crippen LogP contribution in [0.3, 0.4) is 0 Å². The predicted octanol–water partition coefficient (Wildman–Crippen LogP) is -2.51. The summed E-state index contributed by atoms with van der Waals surface area (Å²) in [7, 11) is 0. The lowest BCUT2D eigenvalue weighted by Gasteiger charge is -2.25. The molecule has 0 spiro atoms. The number of aliphatic hydroxyl groups is 1. The van der Waals surface area contributed by atoms with Gasteiger partial charge >= 0.3 is 11.9 Å². The van der Waals surface area contributed by atoms with Crippen molar-refractivity contribution in [2.45, 2.75) is 62.9 Å². The number of para-hydroxylation sites is 1. The predicted molar refractivity (Wildman–Crippen MR) is 147 cm³/mol. The summed E-state index contributed by atoms with van der Waals surface area (Å²) in [6.07, 6.45) is -0.462. The van der Waals surface area contributed by atoms with Crippen LogP contribution in [-0.4, -0.2) is 92.7 Å². The average Bonchev–Trinajstić information content (AvgIpc) is 3.31. The van der Waals surface area contributed by atoms with Crippen molar-refractivity contribution < 1.29 is 39.3 Å². The molecule has 0 radical (unpaired) electrons. The number of fused-ring (bicyclic) bond motifs is 1. The van der Waals surface area contributed by atoms with Gasteiger partial charge in [0.15, 0.2) is 5.96 Å². The molecular weight excluding hydrogens is 540 g/mol. The van der Waals surface area contributed by atoms with Crippen molar-refractivity contribution in [1.82, 2.24) is 20.9 Å². The maximum absolute atomic E-state index is 13.4. The summed E-state index contributed by atoms with van der Waals surface area (Å²) in [5.74, 6) is -5.87. The van der Waals surface area contributed by atoms with Crippen LogP contribution in [0.15, 0.2) is 35.5 Å². The highest BCUT2D eigenvalue weighted by molar-refractivity contribution is 5.96. The number of amides is 3. The molecule has 0 bridgehead atoms. The van der Waals surface area contributed by atoms with E-state index in [1.165, 1.54) is 6.92 Å². The van der Waals surface area contributed by atoms with Crippen LogP contribution in [0.1, 0.15) is 31.7 Å². The molecule has 1 aromatic carbocycles. The Morgan fingerprint density at radius 1 is 0.951 bits per heavy atom. The van der Waals surface area contributed by atoms with Crippen LogP contribution in [0.4, 0.5) is 0 Å². The standard InChI is InChI=1S/C25H36N8O8/c1-12(34)20(26)23(39)33-17(9-13-11-30-15-6-3-2-5-14(13)15)21(37)32-18(10-19(35)36)22(38)31-16(24(40)41)7-4-8-29-25(27)28/h2-3,5-6,11-12,16-18,20,30,34H,4,7-10,26H2,1H3,(H,31,38)(H,32,37)(H,33,39)(H,35,36)(H,40,41)(H4,27,28,29). The molecule has 0 fully saturated rings. The van der Waals surface area contributed by atoms with E-state index in [-0.39, 0.29) is 31.8 Å². The Morgan fingerprint density at radius 2 is 1.56 bits per heavy atom. The molecule has 224 valence electrons. The van der Waals surface area contributed by atoms with Crippen molar-refractivity contribution in [2.24, 2.45) is 22.2 Å². The Bertz CT molecular complexity index is 1270. The number of carboxylic acids is 2. The number of aromatic nitrogens is 1. The summed E-state index contributed by atoms with van der Waals surface area (Å²) < 4.78 is 0. The molecule has 5 unspecified atom stereocenters. The van der Waals surface area contributed by atoms with Gasteiger partial charge in [0.2, 0.25) is 17.7 Å². The lowest BCUT2D eigenvalue weighted by molar-refractivity contribution is -0.143. The number of carboxylic acid groups (broad SMARTS) is 2. The molecule has 2 rings (SSSR count). The highest BCUT2D eigenvalue weighted by Gasteiger charge is 2.32. The van der Waals surface area contributed by atoms with Gasteiger partial charge in [-0.3, -0.25) is 24.2 Å². The van der Waals surface area contributed by atoms with Crippen LogP contribution in [0.5, 0.6) is 0 Å². The first-order chi connectivity index (χ1) is 19.3. The first-order valence-corrected chi connectivity index (χ1v) is 12.7. The summed E-state index contributed by atoms with van der Waals surface area (Å²) >= 11 is 0. The maximum Gasteiger partial charge on any atom is 0.326 e. The Morgan fingerprint density at radius 3 is 2.17 bits per heavy atom. The van der Waals surface area contributed by atoms with Crippen molar-refractivity contribution in [1.29, 1.82) is 0 Å². The smallest absolute Gasteiger partial charge is 0.326 e.